The van der Waals surface area contributed by atoms with Crippen molar-refractivity contribution in [2.75, 3.05) is 13.2 Å². The molecule has 4 bridgehead atoms. The van der Waals surface area contributed by atoms with E-state index in [2.05, 4.69) is 10.4 Å². The minimum absolute atomic E-state index is 0.114. The molecule has 0 unspecified atom stereocenters. The predicted octanol–water partition coefficient (Wildman–Crippen LogP) is 4.44. The Morgan fingerprint density at radius 2 is 1.74 bits per heavy atom. The second-order valence-electron chi connectivity index (χ2n) is 10.0. The highest BCUT2D eigenvalue weighted by molar-refractivity contribution is 5.96. The summed E-state index contributed by atoms with van der Waals surface area (Å²) in [6.07, 6.45) is 8.30. The quantitative estimate of drug-likeness (QED) is 0.430. The van der Waals surface area contributed by atoms with Crippen LogP contribution in [-0.2, 0) is 12.1 Å². The SMILES string of the molecule is CCOc1ccc(CNC(=O)c2nn(C34CC5CC(CC(C5)C3)C4)cc2[N+](=O)[O-])cc1OCC. The van der Waals surface area contributed by atoms with Crippen LogP contribution in [0.1, 0.15) is 68.4 Å². The van der Waals surface area contributed by atoms with Gasteiger partial charge in [-0.05, 0) is 87.8 Å². The number of aromatic nitrogens is 2. The normalized spacial score (nSPS) is 26.9. The van der Waals surface area contributed by atoms with Crippen molar-refractivity contribution in [3.8, 4) is 11.5 Å². The Morgan fingerprint density at radius 3 is 2.32 bits per heavy atom. The van der Waals surface area contributed by atoms with Gasteiger partial charge in [0.05, 0.1) is 23.7 Å². The molecule has 0 aliphatic heterocycles. The first-order valence-electron chi connectivity index (χ1n) is 12.3. The van der Waals surface area contributed by atoms with Crippen molar-refractivity contribution in [2.24, 2.45) is 17.8 Å². The van der Waals surface area contributed by atoms with Gasteiger partial charge in [0.2, 0.25) is 5.69 Å². The molecule has 1 aromatic carbocycles. The van der Waals surface area contributed by atoms with Crippen LogP contribution in [0, 0.1) is 27.9 Å². The van der Waals surface area contributed by atoms with E-state index >= 15 is 0 Å². The summed E-state index contributed by atoms with van der Waals surface area (Å²) in [5, 5.41) is 19.1. The van der Waals surface area contributed by atoms with Crippen LogP contribution < -0.4 is 14.8 Å². The Kier molecular flexibility index (Phi) is 5.95. The molecule has 4 saturated carbocycles. The van der Waals surface area contributed by atoms with E-state index in [0.717, 1.165) is 24.8 Å². The summed E-state index contributed by atoms with van der Waals surface area (Å²) in [5.74, 6) is 2.72. The number of nitro groups is 1. The fourth-order valence-electron chi connectivity index (χ4n) is 6.72. The predicted molar refractivity (Wildman–Crippen MR) is 125 cm³/mol. The number of rotatable bonds is 9. The summed E-state index contributed by atoms with van der Waals surface area (Å²) in [7, 11) is 0. The summed E-state index contributed by atoms with van der Waals surface area (Å²) in [4.78, 5) is 24.3. The van der Waals surface area contributed by atoms with Gasteiger partial charge in [-0.1, -0.05) is 6.07 Å². The number of amides is 1. The van der Waals surface area contributed by atoms with Gasteiger partial charge in [-0.25, -0.2) is 0 Å². The minimum Gasteiger partial charge on any atom is -0.490 e. The Balaban J connectivity index is 1.35. The second-order valence-corrected chi connectivity index (χ2v) is 10.0. The van der Waals surface area contributed by atoms with Crippen LogP contribution in [0.4, 0.5) is 5.69 Å². The number of ether oxygens (including phenoxy) is 2. The Labute approximate surface area is 199 Å². The molecular weight excluding hydrogens is 436 g/mol. The molecule has 0 spiro atoms. The molecule has 4 aliphatic rings. The standard InChI is InChI=1S/C25H32N4O5/c1-3-33-21-6-5-16(10-22(21)34-4-2)14-26-24(30)23-20(29(31)32)15-28(27-23)25-11-17-7-18(12-25)9-19(8-17)13-25/h5-6,10,15,17-19H,3-4,7-9,11-14H2,1-2H3,(H,26,30). The smallest absolute Gasteiger partial charge is 0.320 e. The van der Waals surface area contributed by atoms with Crippen molar-refractivity contribution in [1.82, 2.24) is 15.1 Å². The lowest BCUT2D eigenvalue weighted by atomic mass is 9.53. The number of hydrogen-bond acceptors (Lipinski definition) is 6. The van der Waals surface area contributed by atoms with Crippen LogP contribution in [0.25, 0.3) is 0 Å². The molecular formula is C25H32N4O5. The topological polar surface area (TPSA) is 109 Å². The molecule has 9 heteroatoms. The van der Waals surface area contributed by atoms with Gasteiger partial charge in [-0.3, -0.25) is 19.6 Å². The molecule has 34 heavy (non-hydrogen) atoms. The fourth-order valence-corrected chi connectivity index (χ4v) is 6.72. The molecule has 1 N–H and O–H groups in total. The number of carbonyl (C=O) groups excluding carboxylic acids is 1. The van der Waals surface area contributed by atoms with Gasteiger partial charge < -0.3 is 14.8 Å². The Bertz CT molecular complexity index is 1060. The van der Waals surface area contributed by atoms with E-state index in [4.69, 9.17) is 9.47 Å². The fraction of sp³-hybridized carbons (Fsp3) is 0.600. The van der Waals surface area contributed by atoms with E-state index in [1.807, 2.05) is 26.0 Å². The van der Waals surface area contributed by atoms with Crippen LogP contribution in [0.5, 0.6) is 11.5 Å². The minimum atomic E-state index is -0.540. The maximum Gasteiger partial charge on any atom is 0.320 e. The molecule has 182 valence electrons. The third-order valence-electron chi connectivity index (χ3n) is 7.66. The van der Waals surface area contributed by atoms with E-state index in [0.29, 0.717) is 42.5 Å². The number of benzene rings is 1. The maximum absolute atomic E-state index is 13.0. The van der Waals surface area contributed by atoms with Crippen molar-refractivity contribution >= 4 is 11.6 Å². The Morgan fingerprint density at radius 1 is 1.12 bits per heavy atom. The van der Waals surface area contributed by atoms with E-state index < -0.39 is 10.8 Å². The summed E-state index contributed by atoms with van der Waals surface area (Å²) in [5.41, 5.74) is 0.287. The van der Waals surface area contributed by atoms with Crippen molar-refractivity contribution in [3.05, 3.63) is 45.8 Å². The third kappa shape index (κ3) is 4.12. The molecule has 0 saturated heterocycles. The summed E-state index contributed by atoms with van der Waals surface area (Å²) in [6.45, 7) is 5.01. The van der Waals surface area contributed by atoms with Gasteiger partial charge in [0.1, 0.15) is 6.20 Å². The molecule has 4 fully saturated rings. The first kappa shape index (κ1) is 22.7. The third-order valence-corrected chi connectivity index (χ3v) is 7.66. The van der Waals surface area contributed by atoms with Gasteiger partial charge in [0.15, 0.2) is 11.5 Å². The van der Waals surface area contributed by atoms with Crippen molar-refractivity contribution in [2.45, 2.75) is 64.5 Å². The molecule has 0 atom stereocenters. The molecule has 6 rings (SSSR count). The molecule has 0 radical (unpaired) electrons. The molecule has 9 nitrogen and oxygen atoms in total. The van der Waals surface area contributed by atoms with Crippen molar-refractivity contribution in [1.29, 1.82) is 0 Å². The van der Waals surface area contributed by atoms with E-state index in [1.165, 1.54) is 25.5 Å². The summed E-state index contributed by atoms with van der Waals surface area (Å²) < 4.78 is 13.0. The maximum atomic E-state index is 13.0. The number of nitrogens with one attached hydrogen (secondary N) is 1. The van der Waals surface area contributed by atoms with E-state index in [-0.39, 0.29) is 23.5 Å². The number of carbonyl (C=O) groups is 1. The summed E-state index contributed by atoms with van der Waals surface area (Å²) >= 11 is 0. The largest absolute Gasteiger partial charge is 0.490 e. The van der Waals surface area contributed by atoms with Crippen LogP contribution in [0.15, 0.2) is 24.4 Å². The highest BCUT2D eigenvalue weighted by atomic mass is 16.6. The van der Waals surface area contributed by atoms with Gasteiger partial charge in [0.25, 0.3) is 5.91 Å². The molecule has 4 aliphatic carbocycles. The van der Waals surface area contributed by atoms with E-state index in [9.17, 15) is 14.9 Å². The molecule has 1 aromatic heterocycles. The van der Waals surface area contributed by atoms with Crippen LogP contribution in [0.2, 0.25) is 0 Å². The lowest BCUT2D eigenvalue weighted by Crippen LogP contribution is -2.52. The first-order valence-corrected chi connectivity index (χ1v) is 12.3. The van der Waals surface area contributed by atoms with Crippen molar-refractivity contribution < 1.29 is 19.2 Å². The summed E-state index contributed by atoms with van der Waals surface area (Å²) in [6, 6.07) is 5.47. The van der Waals surface area contributed by atoms with Crippen molar-refractivity contribution in [3.63, 3.8) is 0 Å². The molecule has 1 heterocycles. The molecule has 2 aromatic rings. The average molecular weight is 469 g/mol. The van der Waals surface area contributed by atoms with E-state index in [1.54, 1.807) is 10.7 Å². The number of nitrogens with zero attached hydrogens (tertiary/aromatic N) is 3. The lowest BCUT2D eigenvalue weighted by Gasteiger charge is -2.56. The van der Waals surface area contributed by atoms with Gasteiger partial charge in [-0.2, -0.15) is 5.10 Å². The lowest BCUT2D eigenvalue weighted by molar-refractivity contribution is -0.385. The zero-order chi connectivity index (χ0) is 23.9. The van der Waals surface area contributed by atoms with Gasteiger partial charge in [-0.15, -0.1) is 0 Å². The van der Waals surface area contributed by atoms with Crippen LogP contribution >= 0.6 is 0 Å². The Hall–Kier alpha value is -3.10. The highest BCUT2D eigenvalue weighted by Crippen LogP contribution is 2.58. The number of hydrogen-bond donors (Lipinski definition) is 1. The first-order chi connectivity index (χ1) is 16.4. The van der Waals surface area contributed by atoms with Gasteiger partial charge >= 0.3 is 5.69 Å². The zero-order valence-corrected chi connectivity index (χ0v) is 19.8. The highest BCUT2D eigenvalue weighted by Gasteiger charge is 2.53. The monoisotopic (exact) mass is 468 g/mol. The second kappa shape index (κ2) is 8.92. The van der Waals surface area contributed by atoms with Crippen LogP contribution in [-0.4, -0.2) is 33.8 Å². The van der Waals surface area contributed by atoms with Gasteiger partial charge in [0, 0.05) is 6.54 Å². The average Bonchev–Trinajstić information content (AvgIpc) is 3.25. The molecule has 1 amide bonds. The van der Waals surface area contributed by atoms with Crippen LogP contribution in [0.3, 0.4) is 0 Å². The zero-order valence-electron chi connectivity index (χ0n) is 19.8.